The van der Waals surface area contributed by atoms with E-state index in [4.69, 9.17) is 14.2 Å². The maximum atomic E-state index is 13.9. The second-order valence-electron chi connectivity index (χ2n) is 52.4. The van der Waals surface area contributed by atoms with Crippen molar-refractivity contribution in [3.63, 3.8) is 0 Å². The summed E-state index contributed by atoms with van der Waals surface area (Å²) in [4.78, 5) is 265. The van der Waals surface area contributed by atoms with Crippen LogP contribution < -0.4 is 10.1 Å². The van der Waals surface area contributed by atoms with E-state index < -0.39 is 164 Å². The molecule has 0 aromatic heterocycles. The van der Waals surface area contributed by atoms with Crippen LogP contribution in [0.25, 0.3) is 0 Å². The summed E-state index contributed by atoms with van der Waals surface area (Å²) >= 11 is 0. The Morgan fingerprint density at radius 3 is 1.02 bits per heavy atom. The number of nitrogens with one attached hydrogen (secondary N) is 1. The first-order valence-electron chi connectivity index (χ1n) is 50.1. The Balaban J connectivity index is 0.000000264. The number of anilines is 1. The van der Waals surface area contributed by atoms with Crippen molar-refractivity contribution < 1.29 is 110 Å². The Bertz CT molecular complexity index is 5500. The number of nitrogens with zero attached hydrogens (tertiary/aromatic N) is 7. The molecule has 4 atom stereocenters. The normalized spacial score (nSPS) is 19.8. The Kier molecular flexibility index (Phi) is 36.4. The molecule has 2 unspecified atom stereocenters. The monoisotopic (exact) mass is 2010 g/mol. The van der Waals surface area contributed by atoms with Gasteiger partial charge in [-0.1, -0.05) is 274 Å². The van der Waals surface area contributed by atoms with E-state index in [1.165, 1.54) is 63.0 Å². The number of amides is 15. The molecule has 794 valence electrons. The van der Waals surface area contributed by atoms with Gasteiger partial charge in [0.1, 0.15) is 44.7 Å². The van der Waals surface area contributed by atoms with Gasteiger partial charge in [-0.05, 0) is 130 Å². The Hall–Kier alpha value is -11.9. The fraction of sp³-hybridized carbons (Fsp3) is 0.614. The number of carbonyl (C=O) groups is 20. The average Bonchev–Trinajstić information content (AvgIpc) is 1.57. The Morgan fingerprint density at radius 1 is 0.366 bits per heavy atom. The van der Waals surface area contributed by atoms with Crippen molar-refractivity contribution in [3.05, 3.63) is 130 Å². The molecule has 1 saturated heterocycles. The zero-order valence-corrected chi connectivity index (χ0v) is 93.0. The molecular formula is C114H160N8O23. The number of ether oxygens (including phenoxy) is 3. The van der Waals surface area contributed by atoms with Crippen LogP contribution in [0.3, 0.4) is 0 Å². The molecule has 2 fully saturated rings. The van der Waals surface area contributed by atoms with Gasteiger partial charge in [0.05, 0.1) is 29.8 Å². The molecule has 7 heterocycles. The lowest BCUT2D eigenvalue weighted by atomic mass is 9.65. The number of hydrogen-bond donors (Lipinski definition) is 1. The van der Waals surface area contributed by atoms with Crippen molar-refractivity contribution >= 4 is 124 Å². The molecular weight excluding hydrogens is 1850 g/mol. The number of hydrogen-bond acceptors (Lipinski definition) is 23. The summed E-state index contributed by atoms with van der Waals surface area (Å²) in [7, 11) is 0. The zero-order valence-electron chi connectivity index (χ0n) is 93.0. The van der Waals surface area contributed by atoms with Crippen LogP contribution in [-0.2, 0) is 118 Å². The van der Waals surface area contributed by atoms with Crippen LogP contribution in [0.4, 0.5) is 5.69 Å². The molecule has 8 aliphatic rings. The highest BCUT2D eigenvalue weighted by atomic mass is 16.6. The molecule has 10 rings (SSSR count). The van der Waals surface area contributed by atoms with Gasteiger partial charge in [0.15, 0.2) is 17.3 Å². The fourth-order valence-electron chi connectivity index (χ4n) is 18.2. The van der Waals surface area contributed by atoms with Crippen LogP contribution in [-0.4, -0.2) is 216 Å². The van der Waals surface area contributed by atoms with Crippen molar-refractivity contribution in [2.24, 2.45) is 82.2 Å². The van der Waals surface area contributed by atoms with E-state index in [-0.39, 0.29) is 124 Å². The van der Waals surface area contributed by atoms with Gasteiger partial charge >= 0.3 is 11.9 Å². The standard InChI is InChI=1S/C32H50N2O4.C31H40N2O6.C29H40N2O9.C22H30N2O4/c1-29(2,3)18-17-23(35)33-21-15-13-20(14-16-21)19-22(26(36)32(10,11)12)34-27(37)24(30(4,5)6)25(28(34)38)31(7,8)9;1-29(2,3)22-15-25(35)32(27(22)37)17-20(33-26(36)16-23(28(33)38)30(4,5)6)14-19-10-12-21(13-11-19)39-18-24(34)31(7,8)9;1-26(2,3)17-11-19(32)30(23(17)36)13-21(34)39-15-29(10,25(38)28(7,8)9)16-40-22(35)14-31-20(33)12-18(24(31)37)27(4,5)6;1-21(2,3)15-11-17(25)23(19(15)27)13-7-9-14(10-8-13)24-18(26)12-16(20(24)28)22(4,5)6/h13-16,22,24-25H,17-19H2,1-12H3,(H,33,35);10-13,15-16,20H,14,17-18H2,1-9H3;11-12H,13-16H2,1-10H3;11-14H,7-10H2,1-6H3/t22-,24?,25?;20-;;/m00../s1. The number of likely N-dealkylation sites (tertiary alicyclic amines) is 1. The minimum absolute atomic E-state index is 0.0250. The van der Waals surface area contributed by atoms with Gasteiger partial charge in [0, 0.05) is 117 Å². The largest absolute Gasteiger partial charge is 0.486 e. The quantitative estimate of drug-likeness (QED) is 0.0675. The summed E-state index contributed by atoms with van der Waals surface area (Å²) in [5, 5.41) is 2.93. The summed E-state index contributed by atoms with van der Waals surface area (Å²) in [5.74, 6) is -8.51. The first-order chi connectivity index (χ1) is 65.6. The van der Waals surface area contributed by atoms with E-state index in [1.807, 2.05) is 190 Å². The zero-order chi connectivity index (χ0) is 111. The smallest absolute Gasteiger partial charge is 0.326 e. The molecule has 31 nitrogen and oxygen atoms in total. The van der Waals surface area contributed by atoms with E-state index in [0.29, 0.717) is 65.8 Å². The van der Waals surface area contributed by atoms with Gasteiger partial charge in [-0.3, -0.25) is 130 Å². The minimum Gasteiger partial charge on any atom is -0.486 e. The van der Waals surface area contributed by atoms with Crippen molar-refractivity contribution in [3.8, 4) is 5.75 Å². The lowest BCUT2D eigenvalue weighted by molar-refractivity contribution is -0.164. The number of benzene rings is 2. The molecule has 1 aliphatic carbocycles. The van der Waals surface area contributed by atoms with E-state index in [1.54, 1.807) is 86.6 Å². The molecule has 7 aliphatic heterocycles. The van der Waals surface area contributed by atoms with Gasteiger partial charge in [-0.25, -0.2) is 0 Å². The number of esters is 2. The van der Waals surface area contributed by atoms with Gasteiger partial charge in [-0.2, -0.15) is 0 Å². The van der Waals surface area contributed by atoms with Crippen molar-refractivity contribution in [1.29, 1.82) is 0 Å². The van der Waals surface area contributed by atoms with E-state index in [2.05, 4.69) is 26.1 Å². The number of imide groups is 7. The SMILES string of the molecule is CC(C)(C)C(=O)C(C)(COC(=O)CN1C(=O)C=C(C(C)(C)C)C1=O)COC(=O)CN1C(=O)C=C(C(C)(C)C)C1=O.CC(C)(C)C(=O)COc1ccc(C[C@@H](CN2C(=O)C=C(C(C)(C)C)C2=O)N2C(=O)C=C(C(C)(C)C)C2=O)cc1.CC(C)(C)C1=CC(=O)N(C2CCC(N3C(=O)C=C(C(C)(C)C)C3=O)CC2)C1=O.CC(C)(C)CCC(=O)Nc1ccc(C[C@@H](C(=O)C(C)(C)C)N2C(=O)C(C(C)(C)C)C(C(C)(C)C)C2=O)cc1. The topological polar surface area (TPSA) is 404 Å². The van der Waals surface area contributed by atoms with Crippen molar-refractivity contribution in [2.45, 2.75) is 332 Å². The molecule has 0 bridgehead atoms. The Morgan fingerprint density at radius 2 is 0.697 bits per heavy atom. The van der Waals surface area contributed by atoms with Gasteiger partial charge in [0.2, 0.25) is 17.7 Å². The fourth-order valence-corrected chi connectivity index (χ4v) is 18.2. The first kappa shape index (κ1) is 120. The number of carbonyl (C=O) groups excluding carboxylic acids is 20. The number of rotatable bonds is 26. The third-order valence-corrected chi connectivity index (χ3v) is 26.7. The predicted molar refractivity (Wildman–Crippen MR) is 549 cm³/mol. The molecule has 1 saturated carbocycles. The third-order valence-electron chi connectivity index (χ3n) is 26.7. The van der Waals surface area contributed by atoms with Gasteiger partial charge < -0.3 is 19.5 Å². The highest BCUT2D eigenvalue weighted by Gasteiger charge is 2.60. The van der Waals surface area contributed by atoms with Crippen LogP contribution >= 0.6 is 0 Å². The number of Topliss-reactive ketones (excluding diaryl/α,β-unsaturated/α-hetero) is 3. The second kappa shape index (κ2) is 44.0. The summed E-state index contributed by atoms with van der Waals surface area (Å²) in [6.07, 6.45) is 12.1. The minimum atomic E-state index is -1.49. The van der Waals surface area contributed by atoms with Crippen LogP contribution in [0.1, 0.15) is 306 Å². The molecule has 0 spiro atoms. The average molecular weight is 2010 g/mol. The van der Waals surface area contributed by atoms with Crippen molar-refractivity contribution in [2.75, 3.05) is 44.8 Å². The summed E-state index contributed by atoms with van der Waals surface area (Å²) < 4.78 is 16.3. The lowest BCUT2D eigenvalue weighted by Crippen LogP contribution is -2.51. The summed E-state index contributed by atoms with van der Waals surface area (Å²) in [6.45, 7) is 66.5. The maximum Gasteiger partial charge on any atom is 0.326 e. The highest BCUT2D eigenvalue weighted by molar-refractivity contribution is 6.22. The lowest BCUT2D eigenvalue weighted by Gasteiger charge is -2.37. The molecule has 2 aromatic rings. The van der Waals surface area contributed by atoms with Crippen LogP contribution in [0.15, 0.2) is 118 Å². The number of ketones is 3. The summed E-state index contributed by atoms with van der Waals surface area (Å²) in [6, 6.07) is 12.4. The van der Waals surface area contributed by atoms with E-state index >= 15 is 0 Å². The van der Waals surface area contributed by atoms with Gasteiger partial charge in [0.25, 0.3) is 70.9 Å². The maximum absolute atomic E-state index is 13.9. The highest BCUT2D eigenvalue weighted by Crippen LogP contribution is 2.50. The van der Waals surface area contributed by atoms with Crippen LogP contribution in [0.5, 0.6) is 5.75 Å². The first-order valence-corrected chi connectivity index (χ1v) is 50.1. The van der Waals surface area contributed by atoms with Gasteiger partial charge in [-0.15, -0.1) is 0 Å². The predicted octanol–water partition coefficient (Wildman–Crippen LogP) is 16.3. The molecule has 2 aromatic carbocycles. The van der Waals surface area contributed by atoms with E-state index in [9.17, 15) is 95.9 Å². The molecule has 31 heteroatoms. The third kappa shape index (κ3) is 30.0. The molecule has 15 amide bonds. The summed E-state index contributed by atoms with van der Waals surface area (Å²) in [5.41, 5.74) is -2.74. The van der Waals surface area contributed by atoms with Crippen molar-refractivity contribution in [1.82, 2.24) is 34.3 Å². The molecule has 145 heavy (non-hydrogen) atoms. The molecule has 1 N–H and O–H groups in total. The molecule has 0 radical (unpaired) electrons. The Labute approximate surface area is 857 Å². The van der Waals surface area contributed by atoms with E-state index in [0.717, 1.165) is 32.2 Å². The van der Waals surface area contributed by atoms with Crippen LogP contribution in [0, 0.1) is 82.2 Å². The van der Waals surface area contributed by atoms with Crippen LogP contribution in [0.2, 0.25) is 0 Å². The second-order valence-corrected chi connectivity index (χ2v) is 52.4.